The third-order valence-electron chi connectivity index (χ3n) is 3.32. The van der Waals surface area contributed by atoms with Crippen molar-refractivity contribution in [3.8, 4) is 5.75 Å². The maximum Gasteiger partial charge on any atom is 0.347 e. The van der Waals surface area contributed by atoms with Crippen molar-refractivity contribution in [3.63, 3.8) is 0 Å². The van der Waals surface area contributed by atoms with Gasteiger partial charge in [0.2, 0.25) is 6.10 Å². The van der Waals surface area contributed by atoms with Gasteiger partial charge in [-0.1, -0.05) is 11.6 Å². The minimum absolute atomic E-state index is 0.102. The molecule has 110 valence electrons. The number of rotatable bonds is 2. The summed E-state index contributed by atoms with van der Waals surface area (Å²) < 4.78 is 15.6. The quantitative estimate of drug-likeness (QED) is 0.785. The van der Waals surface area contributed by atoms with E-state index >= 15 is 0 Å². The van der Waals surface area contributed by atoms with Crippen molar-refractivity contribution in [2.75, 3.05) is 6.61 Å². The fraction of sp³-hybridized carbons (Fsp3) is 0.333. The van der Waals surface area contributed by atoms with Gasteiger partial charge in [0.1, 0.15) is 18.5 Å². The summed E-state index contributed by atoms with van der Waals surface area (Å²) in [6, 6.07) is 5.16. The van der Waals surface area contributed by atoms with Gasteiger partial charge >= 0.3 is 11.9 Å². The van der Waals surface area contributed by atoms with Crippen LogP contribution in [0.1, 0.15) is 18.9 Å². The van der Waals surface area contributed by atoms with Gasteiger partial charge in [-0.25, -0.2) is 9.59 Å². The van der Waals surface area contributed by atoms with Crippen LogP contribution >= 0.6 is 11.6 Å². The van der Waals surface area contributed by atoms with Crippen LogP contribution in [-0.4, -0.2) is 30.8 Å². The normalized spacial score (nSPS) is 23.7. The SMILES string of the molecule is CC1CC(OC(=O)C2=Cc3cc(Cl)ccc3OC2)C(=O)O1. The number of ether oxygens (including phenoxy) is 3. The number of halogens is 1. The summed E-state index contributed by atoms with van der Waals surface area (Å²) >= 11 is 5.91. The monoisotopic (exact) mass is 308 g/mol. The number of cyclic esters (lactones) is 1. The van der Waals surface area contributed by atoms with Crippen LogP contribution in [0.5, 0.6) is 5.75 Å². The molecule has 0 radical (unpaired) electrons. The van der Waals surface area contributed by atoms with Gasteiger partial charge in [-0.2, -0.15) is 0 Å². The lowest BCUT2D eigenvalue weighted by molar-refractivity contribution is -0.158. The fourth-order valence-electron chi connectivity index (χ4n) is 2.29. The van der Waals surface area contributed by atoms with Gasteiger partial charge in [0.05, 0.1) is 5.57 Å². The largest absolute Gasteiger partial charge is 0.488 e. The van der Waals surface area contributed by atoms with E-state index in [-0.39, 0.29) is 12.7 Å². The first-order chi connectivity index (χ1) is 10.0. The highest BCUT2D eigenvalue weighted by Crippen LogP contribution is 2.29. The smallest absolute Gasteiger partial charge is 0.347 e. The van der Waals surface area contributed by atoms with Crippen molar-refractivity contribution < 1.29 is 23.8 Å². The Hall–Kier alpha value is -2.01. The zero-order chi connectivity index (χ0) is 15.0. The van der Waals surface area contributed by atoms with E-state index < -0.39 is 18.0 Å². The third-order valence-corrected chi connectivity index (χ3v) is 3.56. The minimum Gasteiger partial charge on any atom is -0.488 e. The average molecular weight is 309 g/mol. The van der Waals surface area contributed by atoms with Crippen LogP contribution in [0, 0.1) is 0 Å². The van der Waals surface area contributed by atoms with Crippen LogP contribution in [0.25, 0.3) is 6.08 Å². The molecular formula is C15H13ClO5. The topological polar surface area (TPSA) is 61.8 Å². The molecule has 1 aromatic rings. The van der Waals surface area contributed by atoms with Crippen molar-refractivity contribution in [1.29, 1.82) is 0 Å². The molecule has 6 heteroatoms. The number of hydrogen-bond acceptors (Lipinski definition) is 5. The highest BCUT2D eigenvalue weighted by atomic mass is 35.5. The number of fused-ring (bicyclic) bond motifs is 1. The Labute approximate surface area is 126 Å². The van der Waals surface area contributed by atoms with Crippen molar-refractivity contribution in [2.45, 2.75) is 25.6 Å². The third kappa shape index (κ3) is 2.88. The molecular weight excluding hydrogens is 296 g/mol. The van der Waals surface area contributed by atoms with Crippen molar-refractivity contribution >= 4 is 29.6 Å². The lowest BCUT2D eigenvalue weighted by atomic mass is 10.1. The number of carbonyl (C=O) groups is 2. The summed E-state index contributed by atoms with van der Waals surface area (Å²) in [5.74, 6) is -0.418. The number of carbonyl (C=O) groups excluding carboxylic acids is 2. The second-order valence-corrected chi connectivity index (χ2v) is 5.45. The van der Waals surface area contributed by atoms with E-state index in [2.05, 4.69) is 0 Å². The van der Waals surface area contributed by atoms with Gasteiger partial charge in [0.15, 0.2) is 0 Å². The molecule has 0 aliphatic carbocycles. The standard InChI is InChI=1S/C15H13ClO5/c1-8-4-13(15(18)20-8)21-14(17)10-5-9-6-11(16)2-3-12(9)19-7-10/h2-3,5-6,8,13H,4,7H2,1H3. The Balaban J connectivity index is 1.75. The summed E-state index contributed by atoms with van der Waals surface area (Å²) in [6.45, 7) is 1.86. The Morgan fingerprint density at radius 1 is 1.43 bits per heavy atom. The molecule has 2 aliphatic heterocycles. The first-order valence-electron chi connectivity index (χ1n) is 6.57. The van der Waals surface area contributed by atoms with E-state index in [0.29, 0.717) is 28.3 Å². The molecule has 3 rings (SSSR count). The van der Waals surface area contributed by atoms with Crippen molar-refractivity contribution in [1.82, 2.24) is 0 Å². The van der Waals surface area contributed by atoms with Gasteiger partial charge in [-0.05, 0) is 31.2 Å². The zero-order valence-electron chi connectivity index (χ0n) is 11.3. The van der Waals surface area contributed by atoms with Crippen molar-refractivity contribution in [2.24, 2.45) is 0 Å². The van der Waals surface area contributed by atoms with Crippen LogP contribution < -0.4 is 4.74 Å². The van der Waals surface area contributed by atoms with Crippen molar-refractivity contribution in [3.05, 3.63) is 34.4 Å². The van der Waals surface area contributed by atoms with E-state index in [1.807, 2.05) is 0 Å². The number of benzene rings is 1. The van der Waals surface area contributed by atoms with Crippen LogP contribution in [0.15, 0.2) is 23.8 Å². The van der Waals surface area contributed by atoms with E-state index in [1.54, 1.807) is 31.2 Å². The molecule has 0 bridgehead atoms. The summed E-state index contributed by atoms with van der Waals surface area (Å²) in [5, 5.41) is 0.552. The highest BCUT2D eigenvalue weighted by molar-refractivity contribution is 6.30. The lowest BCUT2D eigenvalue weighted by Gasteiger charge is -2.18. The molecule has 0 N–H and O–H groups in total. The first kappa shape index (κ1) is 13.9. The molecule has 1 aromatic carbocycles. The Bertz CT molecular complexity index is 637. The molecule has 0 spiro atoms. The maximum absolute atomic E-state index is 12.1. The van der Waals surface area contributed by atoms with Crippen LogP contribution in [-0.2, 0) is 19.1 Å². The van der Waals surface area contributed by atoms with Gasteiger partial charge in [0, 0.05) is 17.0 Å². The molecule has 2 atom stereocenters. The predicted octanol–water partition coefficient (Wildman–Crippen LogP) is 2.36. The van der Waals surface area contributed by atoms with Crippen LogP contribution in [0.3, 0.4) is 0 Å². The lowest BCUT2D eigenvalue weighted by Crippen LogP contribution is -2.26. The second-order valence-electron chi connectivity index (χ2n) is 5.02. The Morgan fingerprint density at radius 2 is 2.24 bits per heavy atom. The molecule has 0 saturated carbocycles. The summed E-state index contributed by atoms with van der Waals surface area (Å²) in [7, 11) is 0. The molecule has 0 amide bonds. The first-order valence-corrected chi connectivity index (χ1v) is 6.95. The summed E-state index contributed by atoms with van der Waals surface area (Å²) in [4.78, 5) is 23.6. The number of esters is 2. The highest BCUT2D eigenvalue weighted by Gasteiger charge is 2.36. The minimum atomic E-state index is -0.839. The van der Waals surface area contributed by atoms with Crippen LogP contribution in [0.2, 0.25) is 5.02 Å². The molecule has 2 heterocycles. The summed E-state index contributed by atoms with van der Waals surface area (Å²) in [5.41, 5.74) is 1.06. The van der Waals surface area contributed by atoms with E-state index in [4.69, 9.17) is 25.8 Å². The average Bonchev–Trinajstić information content (AvgIpc) is 2.76. The summed E-state index contributed by atoms with van der Waals surface area (Å²) in [6.07, 6.45) is 0.971. The molecule has 2 unspecified atom stereocenters. The van der Waals surface area contributed by atoms with Gasteiger partial charge in [-0.15, -0.1) is 0 Å². The molecule has 1 saturated heterocycles. The Kier molecular flexibility index (Phi) is 3.59. The van der Waals surface area contributed by atoms with E-state index in [1.165, 1.54) is 0 Å². The second kappa shape index (κ2) is 5.41. The molecule has 0 aromatic heterocycles. The van der Waals surface area contributed by atoms with E-state index in [9.17, 15) is 9.59 Å². The molecule has 5 nitrogen and oxygen atoms in total. The molecule has 21 heavy (non-hydrogen) atoms. The van der Waals surface area contributed by atoms with Gasteiger partial charge < -0.3 is 14.2 Å². The maximum atomic E-state index is 12.1. The Morgan fingerprint density at radius 3 is 2.95 bits per heavy atom. The number of hydrogen-bond donors (Lipinski definition) is 0. The van der Waals surface area contributed by atoms with Gasteiger partial charge in [-0.3, -0.25) is 0 Å². The molecule has 1 fully saturated rings. The van der Waals surface area contributed by atoms with E-state index in [0.717, 1.165) is 0 Å². The molecule has 2 aliphatic rings. The fourth-order valence-corrected chi connectivity index (χ4v) is 2.47. The zero-order valence-corrected chi connectivity index (χ0v) is 12.1. The van der Waals surface area contributed by atoms with Gasteiger partial charge in [0.25, 0.3) is 0 Å². The van der Waals surface area contributed by atoms with Crippen LogP contribution in [0.4, 0.5) is 0 Å². The predicted molar refractivity (Wildman–Crippen MR) is 75.0 cm³/mol.